The van der Waals surface area contributed by atoms with Crippen LogP contribution >= 0.6 is 0 Å². The summed E-state index contributed by atoms with van der Waals surface area (Å²) in [5.74, 6) is -0.416. The van der Waals surface area contributed by atoms with Crippen LogP contribution in [0.25, 0.3) is 11.1 Å². The summed E-state index contributed by atoms with van der Waals surface area (Å²) in [5, 5.41) is 8.88. The number of hydrogen-bond acceptors (Lipinski definition) is 2. The maximum Gasteiger partial charge on any atom is 0.149 e. The van der Waals surface area contributed by atoms with Gasteiger partial charge in [0.15, 0.2) is 0 Å². The Bertz CT molecular complexity index is 529. The molecule has 1 aromatic carbocycles. The van der Waals surface area contributed by atoms with Crippen LogP contribution in [-0.2, 0) is 0 Å². The van der Waals surface area contributed by atoms with Crippen LogP contribution in [0.15, 0.2) is 42.7 Å². The molecule has 0 atom stereocenters. The van der Waals surface area contributed by atoms with Crippen molar-refractivity contribution in [3.05, 3.63) is 54.1 Å². The summed E-state index contributed by atoms with van der Waals surface area (Å²) >= 11 is 0. The molecule has 0 bridgehead atoms. The monoisotopic (exact) mass is 198 g/mol. The van der Waals surface area contributed by atoms with Crippen LogP contribution in [0.3, 0.4) is 0 Å². The Labute approximate surface area is 86.6 Å². The lowest BCUT2D eigenvalue weighted by Gasteiger charge is -2.03. The van der Waals surface area contributed by atoms with Gasteiger partial charge in [-0.15, -0.1) is 0 Å². The number of aromatic nitrogens is 1. The van der Waals surface area contributed by atoms with Crippen LogP contribution in [0.5, 0.6) is 0 Å². The number of benzene rings is 1. The molecule has 72 valence electrons. The molecule has 15 heavy (non-hydrogen) atoms. The molecule has 0 saturated carbocycles. The van der Waals surface area contributed by atoms with E-state index in [1.807, 2.05) is 6.07 Å². The van der Waals surface area contributed by atoms with E-state index in [4.69, 9.17) is 5.26 Å². The quantitative estimate of drug-likeness (QED) is 0.706. The van der Waals surface area contributed by atoms with Crippen LogP contribution in [-0.4, -0.2) is 4.98 Å². The summed E-state index contributed by atoms with van der Waals surface area (Å²) in [7, 11) is 0. The van der Waals surface area contributed by atoms with Gasteiger partial charge in [-0.05, 0) is 12.1 Å². The van der Waals surface area contributed by atoms with Crippen molar-refractivity contribution in [1.29, 1.82) is 5.26 Å². The minimum absolute atomic E-state index is 0.405. The first-order valence-corrected chi connectivity index (χ1v) is 4.42. The van der Waals surface area contributed by atoms with E-state index < -0.39 is 5.82 Å². The standard InChI is InChI=1S/C12H7FN2/c13-12-8-15-6-5-11(12)10-4-2-1-3-9(10)7-14/h1-6,8H. The Kier molecular flexibility index (Phi) is 2.42. The highest BCUT2D eigenvalue weighted by Gasteiger charge is 2.08. The van der Waals surface area contributed by atoms with E-state index >= 15 is 0 Å². The zero-order chi connectivity index (χ0) is 10.7. The second-order valence-electron chi connectivity index (χ2n) is 3.01. The molecular formula is C12H7FN2. The predicted octanol–water partition coefficient (Wildman–Crippen LogP) is 2.76. The number of hydrogen-bond donors (Lipinski definition) is 0. The first-order valence-electron chi connectivity index (χ1n) is 4.42. The van der Waals surface area contributed by atoms with Gasteiger partial charge in [0, 0.05) is 17.3 Å². The normalized spacial score (nSPS) is 9.60. The first kappa shape index (κ1) is 9.35. The number of rotatable bonds is 1. The summed E-state index contributed by atoms with van der Waals surface area (Å²) < 4.78 is 13.4. The number of nitrogens with zero attached hydrogens (tertiary/aromatic N) is 2. The minimum atomic E-state index is -0.416. The largest absolute Gasteiger partial charge is 0.262 e. The fourth-order valence-corrected chi connectivity index (χ4v) is 1.41. The zero-order valence-corrected chi connectivity index (χ0v) is 7.81. The molecule has 1 aromatic heterocycles. The van der Waals surface area contributed by atoms with E-state index in [2.05, 4.69) is 4.98 Å². The highest BCUT2D eigenvalue weighted by atomic mass is 19.1. The van der Waals surface area contributed by atoms with E-state index in [0.29, 0.717) is 16.7 Å². The molecule has 0 aliphatic heterocycles. The van der Waals surface area contributed by atoms with E-state index in [-0.39, 0.29) is 0 Å². The van der Waals surface area contributed by atoms with Gasteiger partial charge in [-0.1, -0.05) is 18.2 Å². The van der Waals surface area contributed by atoms with Crippen LogP contribution in [0.4, 0.5) is 4.39 Å². The molecule has 2 aromatic rings. The van der Waals surface area contributed by atoms with Crippen molar-refractivity contribution in [2.75, 3.05) is 0 Å². The lowest BCUT2D eigenvalue weighted by atomic mass is 10.0. The number of nitriles is 1. The van der Waals surface area contributed by atoms with Gasteiger partial charge >= 0.3 is 0 Å². The van der Waals surface area contributed by atoms with Crippen molar-refractivity contribution in [1.82, 2.24) is 4.98 Å². The molecule has 0 radical (unpaired) electrons. The summed E-state index contributed by atoms with van der Waals surface area (Å²) in [6.45, 7) is 0. The molecule has 0 spiro atoms. The van der Waals surface area contributed by atoms with Crippen LogP contribution in [0, 0.1) is 17.1 Å². The van der Waals surface area contributed by atoms with Crippen LogP contribution in [0.1, 0.15) is 5.56 Å². The molecule has 0 N–H and O–H groups in total. The molecule has 1 heterocycles. The van der Waals surface area contributed by atoms with E-state index in [9.17, 15) is 4.39 Å². The van der Waals surface area contributed by atoms with Gasteiger partial charge in [-0.25, -0.2) is 4.39 Å². The Balaban J connectivity index is 2.65. The molecule has 0 unspecified atom stereocenters. The average molecular weight is 198 g/mol. The minimum Gasteiger partial charge on any atom is -0.262 e. The topological polar surface area (TPSA) is 36.7 Å². The van der Waals surface area contributed by atoms with E-state index in [1.165, 1.54) is 6.20 Å². The molecule has 0 amide bonds. The lowest BCUT2D eigenvalue weighted by Crippen LogP contribution is -1.88. The second-order valence-corrected chi connectivity index (χ2v) is 3.01. The molecule has 0 fully saturated rings. The van der Waals surface area contributed by atoms with Crippen LogP contribution in [0.2, 0.25) is 0 Å². The van der Waals surface area contributed by atoms with Gasteiger partial charge in [0.05, 0.1) is 17.8 Å². The van der Waals surface area contributed by atoms with Crippen molar-refractivity contribution < 1.29 is 4.39 Å². The van der Waals surface area contributed by atoms with Gasteiger partial charge in [0.1, 0.15) is 5.82 Å². The Morgan fingerprint density at radius 2 is 1.93 bits per heavy atom. The van der Waals surface area contributed by atoms with Crippen molar-refractivity contribution >= 4 is 0 Å². The van der Waals surface area contributed by atoms with Gasteiger partial charge < -0.3 is 0 Å². The summed E-state index contributed by atoms with van der Waals surface area (Å²) in [6.07, 6.45) is 2.65. The highest BCUT2D eigenvalue weighted by Crippen LogP contribution is 2.24. The van der Waals surface area contributed by atoms with Crippen molar-refractivity contribution in [2.24, 2.45) is 0 Å². The number of pyridine rings is 1. The van der Waals surface area contributed by atoms with Gasteiger partial charge in [-0.2, -0.15) is 5.26 Å². The van der Waals surface area contributed by atoms with Crippen LogP contribution < -0.4 is 0 Å². The Morgan fingerprint density at radius 3 is 2.67 bits per heavy atom. The van der Waals surface area contributed by atoms with Gasteiger partial charge in [0.25, 0.3) is 0 Å². The molecule has 2 nitrogen and oxygen atoms in total. The van der Waals surface area contributed by atoms with Gasteiger partial charge in [-0.3, -0.25) is 4.98 Å². The predicted molar refractivity (Wildman–Crippen MR) is 54.3 cm³/mol. The maximum absolute atomic E-state index is 13.4. The second kappa shape index (κ2) is 3.89. The maximum atomic E-state index is 13.4. The Hall–Kier alpha value is -2.21. The molecule has 3 heteroatoms. The zero-order valence-electron chi connectivity index (χ0n) is 7.81. The van der Waals surface area contributed by atoms with E-state index in [1.54, 1.807) is 30.3 Å². The summed E-state index contributed by atoms with van der Waals surface area (Å²) in [6, 6.07) is 10.5. The number of halogens is 1. The fraction of sp³-hybridized carbons (Fsp3) is 0. The molecular weight excluding hydrogens is 191 g/mol. The first-order chi connectivity index (χ1) is 7.33. The van der Waals surface area contributed by atoms with Crippen molar-refractivity contribution in [3.8, 4) is 17.2 Å². The lowest BCUT2D eigenvalue weighted by molar-refractivity contribution is 0.625. The molecule has 0 aliphatic rings. The van der Waals surface area contributed by atoms with Gasteiger partial charge in [0.2, 0.25) is 0 Å². The smallest absolute Gasteiger partial charge is 0.149 e. The fourth-order valence-electron chi connectivity index (χ4n) is 1.41. The summed E-state index contributed by atoms with van der Waals surface area (Å²) in [4.78, 5) is 3.67. The molecule has 0 aliphatic carbocycles. The van der Waals surface area contributed by atoms with E-state index in [0.717, 1.165) is 6.20 Å². The third-order valence-electron chi connectivity index (χ3n) is 2.11. The SMILES string of the molecule is N#Cc1ccccc1-c1ccncc1F. The average Bonchev–Trinajstić information content (AvgIpc) is 2.30. The highest BCUT2D eigenvalue weighted by molar-refractivity contribution is 5.70. The van der Waals surface area contributed by atoms with Crippen molar-refractivity contribution in [2.45, 2.75) is 0 Å². The molecule has 2 rings (SSSR count). The third-order valence-corrected chi connectivity index (χ3v) is 2.11. The Morgan fingerprint density at radius 1 is 1.13 bits per heavy atom. The van der Waals surface area contributed by atoms with Crippen molar-refractivity contribution in [3.63, 3.8) is 0 Å². The molecule has 0 saturated heterocycles. The summed E-state index contributed by atoms with van der Waals surface area (Å²) in [5.41, 5.74) is 1.46. The third kappa shape index (κ3) is 1.70.